The van der Waals surface area contributed by atoms with Gasteiger partial charge in [0, 0.05) is 5.56 Å². The summed E-state index contributed by atoms with van der Waals surface area (Å²) in [5, 5.41) is 8.75. The molecule has 0 spiro atoms. The molecule has 4 nitrogen and oxygen atoms in total. The molecule has 0 amide bonds. The molecule has 0 saturated heterocycles. The second-order valence-electron chi connectivity index (χ2n) is 2.77. The number of carbonyl (C=O) groups is 1. The first-order valence-corrected chi connectivity index (χ1v) is 5.60. The lowest BCUT2D eigenvalue weighted by Gasteiger charge is -2.14. The molecule has 1 aromatic rings. The average Bonchev–Trinajstić information content (AvgIpc) is 2.17. The third kappa shape index (κ3) is 3.87. The fourth-order valence-corrected chi connectivity index (χ4v) is 1.84. The summed E-state index contributed by atoms with van der Waals surface area (Å²) in [4.78, 5) is 14.2. The Bertz CT molecular complexity index is 452. The summed E-state index contributed by atoms with van der Waals surface area (Å²) in [6.07, 6.45) is -5.00. The van der Waals surface area contributed by atoms with Crippen molar-refractivity contribution in [2.45, 2.75) is 12.2 Å². The van der Waals surface area contributed by atoms with Crippen molar-refractivity contribution in [1.29, 1.82) is 0 Å². The van der Waals surface area contributed by atoms with Crippen molar-refractivity contribution in [1.82, 2.24) is 4.98 Å². The van der Waals surface area contributed by atoms with Crippen LogP contribution in [0.3, 0.4) is 0 Å². The van der Waals surface area contributed by atoms with E-state index in [2.05, 4.69) is 9.72 Å². The van der Waals surface area contributed by atoms with E-state index >= 15 is 0 Å². The lowest BCUT2D eigenvalue weighted by atomic mass is 10.2. The highest BCUT2D eigenvalue weighted by molar-refractivity contribution is 14.1. The maximum atomic E-state index is 12.1. The SMILES string of the molecule is O=C(O)c1nc(I)cc(CCl)c1OC(F)(F)F. The number of halogens is 5. The molecule has 17 heavy (non-hydrogen) atoms. The van der Waals surface area contributed by atoms with Crippen LogP contribution in [0.2, 0.25) is 0 Å². The number of carboxylic acids is 1. The monoisotopic (exact) mass is 381 g/mol. The van der Waals surface area contributed by atoms with Gasteiger partial charge in [0.1, 0.15) is 3.70 Å². The molecule has 0 bridgehead atoms. The van der Waals surface area contributed by atoms with Gasteiger partial charge in [0.25, 0.3) is 0 Å². The minimum atomic E-state index is -5.00. The van der Waals surface area contributed by atoms with Crippen LogP contribution in [0.4, 0.5) is 13.2 Å². The number of hydrogen-bond acceptors (Lipinski definition) is 3. The number of hydrogen-bond donors (Lipinski definition) is 1. The average molecular weight is 381 g/mol. The van der Waals surface area contributed by atoms with Gasteiger partial charge in [-0.3, -0.25) is 0 Å². The van der Waals surface area contributed by atoms with Crippen molar-refractivity contribution in [3.63, 3.8) is 0 Å². The van der Waals surface area contributed by atoms with E-state index in [1.54, 1.807) is 22.6 Å². The van der Waals surface area contributed by atoms with Gasteiger partial charge in [-0.2, -0.15) is 0 Å². The number of pyridine rings is 1. The molecule has 9 heteroatoms. The number of ether oxygens (including phenoxy) is 1. The lowest BCUT2D eigenvalue weighted by Crippen LogP contribution is -2.21. The van der Waals surface area contributed by atoms with Crippen molar-refractivity contribution in [2.24, 2.45) is 0 Å². The normalized spacial score (nSPS) is 11.4. The summed E-state index contributed by atoms with van der Waals surface area (Å²) in [6.45, 7) is 0. The van der Waals surface area contributed by atoms with E-state index in [4.69, 9.17) is 16.7 Å². The van der Waals surface area contributed by atoms with E-state index in [-0.39, 0.29) is 15.1 Å². The first-order valence-electron chi connectivity index (χ1n) is 3.99. The zero-order valence-electron chi connectivity index (χ0n) is 7.89. The third-order valence-corrected chi connectivity index (χ3v) is 2.42. The summed E-state index contributed by atoms with van der Waals surface area (Å²) >= 11 is 7.11. The van der Waals surface area contributed by atoms with Crippen LogP contribution >= 0.6 is 34.2 Å². The molecule has 1 rings (SSSR count). The van der Waals surface area contributed by atoms with Crippen LogP contribution in [0.15, 0.2) is 6.07 Å². The second-order valence-corrected chi connectivity index (χ2v) is 4.14. The second kappa shape index (κ2) is 5.25. The molecule has 0 unspecified atom stereocenters. The van der Waals surface area contributed by atoms with E-state index in [0.29, 0.717) is 0 Å². The van der Waals surface area contributed by atoms with Crippen LogP contribution in [0, 0.1) is 3.70 Å². The van der Waals surface area contributed by atoms with E-state index in [1.807, 2.05) is 0 Å². The van der Waals surface area contributed by atoms with Crippen LogP contribution < -0.4 is 4.74 Å². The minimum absolute atomic E-state index is 0.0826. The first-order chi connectivity index (χ1) is 7.74. The summed E-state index contributed by atoms with van der Waals surface area (Å²) in [5.41, 5.74) is -0.898. The van der Waals surface area contributed by atoms with Gasteiger partial charge in [0.2, 0.25) is 0 Å². The third-order valence-electron chi connectivity index (χ3n) is 1.58. The van der Waals surface area contributed by atoms with E-state index in [1.165, 1.54) is 6.07 Å². The molecule has 0 aliphatic heterocycles. The summed E-state index contributed by atoms with van der Waals surface area (Å²) in [7, 11) is 0. The predicted molar refractivity (Wildman–Crippen MR) is 60.2 cm³/mol. The fourth-order valence-electron chi connectivity index (χ4n) is 1.03. The van der Waals surface area contributed by atoms with E-state index < -0.39 is 23.8 Å². The van der Waals surface area contributed by atoms with Crippen molar-refractivity contribution in [2.75, 3.05) is 0 Å². The Morgan fingerprint density at radius 3 is 2.59 bits per heavy atom. The number of nitrogens with zero attached hydrogens (tertiary/aromatic N) is 1. The molecule has 0 radical (unpaired) electrons. The smallest absolute Gasteiger partial charge is 0.476 e. The fraction of sp³-hybridized carbons (Fsp3) is 0.250. The molecule has 0 aromatic carbocycles. The predicted octanol–water partition coefficient (Wildman–Crippen LogP) is 3.02. The van der Waals surface area contributed by atoms with E-state index in [9.17, 15) is 18.0 Å². The van der Waals surface area contributed by atoms with Crippen LogP contribution in [-0.2, 0) is 5.88 Å². The molecule has 0 atom stereocenters. The zero-order valence-corrected chi connectivity index (χ0v) is 10.8. The van der Waals surface area contributed by atoms with Gasteiger partial charge < -0.3 is 9.84 Å². The zero-order chi connectivity index (χ0) is 13.2. The quantitative estimate of drug-likeness (QED) is 0.497. The highest BCUT2D eigenvalue weighted by Crippen LogP contribution is 2.31. The first kappa shape index (κ1) is 14.3. The molecule has 0 fully saturated rings. The largest absolute Gasteiger partial charge is 0.573 e. The van der Waals surface area contributed by atoms with Crippen LogP contribution in [-0.4, -0.2) is 22.4 Å². The topological polar surface area (TPSA) is 59.4 Å². The van der Waals surface area contributed by atoms with Gasteiger partial charge in [0.15, 0.2) is 11.4 Å². The molecule has 1 heterocycles. The van der Waals surface area contributed by atoms with Crippen molar-refractivity contribution in [3.05, 3.63) is 21.0 Å². The molecule has 0 aliphatic rings. The Kier molecular flexibility index (Phi) is 4.42. The Labute approximate surface area is 112 Å². The van der Waals surface area contributed by atoms with Crippen molar-refractivity contribution in [3.8, 4) is 5.75 Å². The number of carboxylic acid groups (broad SMARTS) is 1. The number of alkyl halides is 4. The summed E-state index contributed by atoms with van der Waals surface area (Å²) in [5.74, 6) is -2.81. The minimum Gasteiger partial charge on any atom is -0.476 e. The standard InChI is InChI=1S/C8H4ClF3INO3/c9-2-3-1-4(13)14-5(7(15)16)6(3)17-8(10,11)12/h1H,2H2,(H,15,16). The van der Waals surface area contributed by atoms with Gasteiger partial charge in [-0.25, -0.2) is 9.78 Å². The molecule has 0 aliphatic carbocycles. The number of rotatable bonds is 3. The highest BCUT2D eigenvalue weighted by Gasteiger charge is 2.35. The molecule has 0 saturated carbocycles. The summed E-state index contributed by atoms with van der Waals surface area (Å²) < 4.78 is 40.2. The Morgan fingerprint density at radius 1 is 1.59 bits per heavy atom. The molecule has 1 N–H and O–H groups in total. The molecular formula is C8H4ClF3INO3. The van der Waals surface area contributed by atoms with Crippen LogP contribution in [0.25, 0.3) is 0 Å². The van der Waals surface area contributed by atoms with Gasteiger partial charge >= 0.3 is 12.3 Å². The van der Waals surface area contributed by atoms with Crippen molar-refractivity contribution < 1.29 is 27.8 Å². The van der Waals surface area contributed by atoms with Gasteiger partial charge in [-0.05, 0) is 28.7 Å². The lowest BCUT2D eigenvalue weighted by molar-refractivity contribution is -0.275. The highest BCUT2D eigenvalue weighted by atomic mass is 127. The molecule has 1 aromatic heterocycles. The Balaban J connectivity index is 3.37. The van der Waals surface area contributed by atoms with E-state index in [0.717, 1.165) is 0 Å². The van der Waals surface area contributed by atoms with Gasteiger partial charge in [0.05, 0.1) is 5.88 Å². The van der Waals surface area contributed by atoms with Gasteiger partial charge in [-0.15, -0.1) is 24.8 Å². The maximum Gasteiger partial charge on any atom is 0.573 e. The van der Waals surface area contributed by atoms with Crippen LogP contribution in [0.1, 0.15) is 16.1 Å². The Hall–Kier alpha value is -0.770. The number of aromatic nitrogens is 1. The number of aromatic carboxylic acids is 1. The molecular weight excluding hydrogens is 377 g/mol. The van der Waals surface area contributed by atoms with Gasteiger partial charge in [-0.1, -0.05) is 0 Å². The Morgan fingerprint density at radius 2 is 2.18 bits per heavy atom. The molecule has 94 valence electrons. The van der Waals surface area contributed by atoms with Crippen molar-refractivity contribution >= 4 is 40.2 Å². The maximum absolute atomic E-state index is 12.1. The summed E-state index contributed by atoms with van der Waals surface area (Å²) in [6, 6.07) is 1.22. The van der Waals surface area contributed by atoms with Crippen LogP contribution in [0.5, 0.6) is 5.75 Å².